The van der Waals surface area contributed by atoms with Gasteiger partial charge < -0.3 is 4.52 Å². The molecule has 0 saturated carbocycles. The first-order valence-electron chi connectivity index (χ1n) is 7.63. The van der Waals surface area contributed by atoms with Crippen LogP contribution in [0.4, 0.5) is 10.5 Å². The summed E-state index contributed by atoms with van der Waals surface area (Å²) in [6.45, 7) is 3.73. The number of urea groups is 1. The second-order valence-electron chi connectivity index (χ2n) is 5.44. The van der Waals surface area contributed by atoms with E-state index in [0.29, 0.717) is 17.9 Å². The van der Waals surface area contributed by atoms with E-state index in [1.807, 2.05) is 25.1 Å². The predicted octanol–water partition coefficient (Wildman–Crippen LogP) is 2.38. The number of carbonyl (C=O) groups excluding carboxylic acids is 2. The van der Waals surface area contributed by atoms with Gasteiger partial charge in [0.25, 0.3) is 5.91 Å². The maximum absolute atomic E-state index is 12.6. The summed E-state index contributed by atoms with van der Waals surface area (Å²) in [4.78, 5) is 31.9. The zero-order valence-corrected chi connectivity index (χ0v) is 13.1. The Kier molecular flexibility index (Phi) is 4.10. The smallest absolute Gasteiger partial charge is 0.332 e. The van der Waals surface area contributed by atoms with E-state index in [2.05, 4.69) is 10.1 Å². The van der Waals surface area contributed by atoms with E-state index in [1.54, 1.807) is 19.1 Å². The van der Waals surface area contributed by atoms with Gasteiger partial charge in [-0.2, -0.15) is 4.98 Å². The minimum atomic E-state index is -0.553. The zero-order chi connectivity index (χ0) is 16.4. The first kappa shape index (κ1) is 15.2. The highest BCUT2D eigenvalue weighted by Crippen LogP contribution is 2.26. The Bertz CT molecular complexity index is 713. The Morgan fingerprint density at radius 1 is 1.22 bits per heavy atom. The Balaban J connectivity index is 1.80. The lowest BCUT2D eigenvalue weighted by Gasteiger charge is -2.18. The molecule has 7 nitrogen and oxygen atoms in total. The second kappa shape index (κ2) is 6.20. The molecular weight excluding hydrogens is 296 g/mol. The van der Waals surface area contributed by atoms with Crippen molar-refractivity contribution in [3.8, 4) is 0 Å². The number of aryl methyl sites for hydroxylation is 1. The molecular formula is C16H18N4O3. The summed E-state index contributed by atoms with van der Waals surface area (Å²) in [5.41, 5.74) is 0.693. The number of benzene rings is 1. The topological polar surface area (TPSA) is 79.5 Å². The van der Waals surface area contributed by atoms with Crippen LogP contribution in [0.2, 0.25) is 0 Å². The molecule has 3 amide bonds. The maximum Gasteiger partial charge on any atom is 0.332 e. The van der Waals surface area contributed by atoms with Gasteiger partial charge in [0.15, 0.2) is 5.82 Å². The third-order valence-corrected chi connectivity index (χ3v) is 3.76. The molecule has 1 saturated heterocycles. The molecule has 23 heavy (non-hydrogen) atoms. The molecule has 3 rings (SSSR count). The van der Waals surface area contributed by atoms with E-state index in [-0.39, 0.29) is 24.4 Å². The number of amides is 3. The molecule has 1 fully saturated rings. The van der Waals surface area contributed by atoms with Crippen molar-refractivity contribution in [3.63, 3.8) is 0 Å². The number of anilines is 1. The van der Waals surface area contributed by atoms with E-state index in [9.17, 15) is 9.59 Å². The molecule has 0 spiro atoms. The van der Waals surface area contributed by atoms with Crippen molar-refractivity contribution in [1.82, 2.24) is 15.0 Å². The van der Waals surface area contributed by atoms with Crippen LogP contribution >= 0.6 is 0 Å². The Labute approximate surface area is 133 Å². The molecule has 0 bridgehead atoms. The van der Waals surface area contributed by atoms with Crippen molar-refractivity contribution in [2.45, 2.75) is 39.3 Å². The van der Waals surface area contributed by atoms with Crippen molar-refractivity contribution < 1.29 is 14.1 Å². The van der Waals surface area contributed by atoms with Gasteiger partial charge in [0.2, 0.25) is 5.89 Å². The van der Waals surface area contributed by atoms with Gasteiger partial charge in [-0.15, -0.1) is 0 Å². The van der Waals surface area contributed by atoms with Crippen LogP contribution in [0.1, 0.15) is 32.0 Å². The van der Waals surface area contributed by atoms with Gasteiger partial charge in [-0.05, 0) is 25.5 Å². The fourth-order valence-electron chi connectivity index (χ4n) is 2.61. The first-order valence-corrected chi connectivity index (χ1v) is 7.63. The Morgan fingerprint density at radius 3 is 2.65 bits per heavy atom. The van der Waals surface area contributed by atoms with Crippen LogP contribution in [0.3, 0.4) is 0 Å². The average molecular weight is 314 g/mol. The molecule has 0 N–H and O–H groups in total. The minimum absolute atomic E-state index is 0.00204. The second-order valence-corrected chi connectivity index (χ2v) is 5.44. The predicted molar refractivity (Wildman–Crippen MR) is 82.6 cm³/mol. The van der Waals surface area contributed by atoms with E-state index in [4.69, 9.17) is 4.52 Å². The molecule has 7 heteroatoms. The van der Waals surface area contributed by atoms with E-state index in [0.717, 1.165) is 11.3 Å². The van der Waals surface area contributed by atoms with Crippen LogP contribution in [-0.2, 0) is 17.8 Å². The summed E-state index contributed by atoms with van der Waals surface area (Å²) in [5.74, 6) is 0.598. The molecule has 1 aromatic carbocycles. The molecule has 0 unspecified atom stereocenters. The summed E-state index contributed by atoms with van der Waals surface area (Å²) in [6.07, 6.45) is 1.61. The molecule has 0 aliphatic carbocycles. The fraction of sp³-hybridized carbons (Fsp3) is 0.375. The quantitative estimate of drug-likeness (QED) is 0.792. The zero-order valence-electron chi connectivity index (χ0n) is 13.1. The number of aromatic nitrogens is 2. The van der Waals surface area contributed by atoms with Crippen LogP contribution in [0.15, 0.2) is 34.9 Å². The third kappa shape index (κ3) is 2.81. The van der Waals surface area contributed by atoms with Crippen LogP contribution in [-0.4, -0.2) is 33.0 Å². The number of hydrogen-bond donors (Lipinski definition) is 0. The lowest BCUT2D eigenvalue weighted by Crippen LogP contribution is -2.33. The van der Waals surface area contributed by atoms with Gasteiger partial charge in [0, 0.05) is 12.1 Å². The van der Waals surface area contributed by atoms with Gasteiger partial charge in [-0.3, -0.25) is 14.6 Å². The third-order valence-electron chi connectivity index (χ3n) is 3.76. The van der Waals surface area contributed by atoms with E-state index in [1.165, 1.54) is 4.90 Å². The highest BCUT2D eigenvalue weighted by molar-refractivity contribution is 6.13. The molecule has 120 valence electrons. The molecule has 1 aromatic heterocycles. The molecule has 2 aromatic rings. The monoisotopic (exact) mass is 314 g/mol. The molecule has 1 aliphatic heterocycles. The molecule has 2 heterocycles. The maximum atomic E-state index is 12.6. The van der Waals surface area contributed by atoms with Gasteiger partial charge in [-0.25, -0.2) is 4.79 Å². The highest BCUT2D eigenvalue weighted by Gasteiger charge is 2.43. The standard InChI is InChI=1S/C16H18N4O3/c1-3-7-13-17-14(23-18-13)10-19-15(21)11(2)20(16(19)22)12-8-5-4-6-9-12/h4-6,8-9,11H,3,7,10H2,1-2H3/t11-/m0/s1. The van der Waals surface area contributed by atoms with Gasteiger partial charge in [-0.1, -0.05) is 30.3 Å². The number of hydrogen-bond acceptors (Lipinski definition) is 5. The fourth-order valence-corrected chi connectivity index (χ4v) is 2.61. The van der Waals surface area contributed by atoms with E-state index < -0.39 is 6.04 Å². The van der Waals surface area contributed by atoms with Crippen molar-refractivity contribution in [2.75, 3.05) is 4.90 Å². The lowest BCUT2D eigenvalue weighted by atomic mass is 10.2. The molecule has 1 aliphatic rings. The molecule has 1 atom stereocenters. The number of carbonyl (C=O) groups is 2. The number of rotatable bonds is 5. The Morgan fingerprint density at radius 2 is 1.96 bits per heavy atom. The normalized spacial score (nSPS) is 18.1. The van der Waals surface area contributed by atoms with E-state index >= 15 is 0 Å². The Hall–Kier alpha value is -2.70. The molecule has 0 radical (unpaired) electrons. The summed E-state index contributed by atoms with van der Waals surface area (Å²) in [5, 5.41) is 3.85. The first-order chi connectivity index (χ1) is 11.1. The summed E-state index contributed by atoms with van der Waals surface area (Å²) in [7, 11) is 0. The largest absolute Gasteiger partial charge is 0.337 e. The summed E-state index contributed by atoms with van der Waals surface area (Å²) in [6, 6.07) is 8.21. The SMILES string of the molecule is CCCc1noc(CN2C(=O)[C@H](C)N(c3ccccc3)C2=O)n1. The number of nitrogens with zero attached hydrogens (tertiary/aromatic N) is 4. The number of imide groups is 1. The van der Waals surface area contributed by atoms with Crippen LogP contribution in [0.25, 0.3) is 0 Å². The summed E-state index contributed by atoms with van der Waals surface area (Å²) >= 11 is 0. The lowest BCUT2D eigenvalue weighted by molar-refractivity contribution is -0.127. The van der Waals surface area contributed by atoms with Crippen molar-refractivity contribution in [3.05, 3.63) is 42.0 Å². The van der Waals surface area contributed by atoms with Crippen LogP contribution in [0.5, 0.6) is 0 Å². The van der Waals surface area contributed by atoms with Crippen LogP contribution < -0.4 is 4.90 Å². The van der Waals surface area contributed by atoms with Gasteiger partial charge >= 0.3 is 6.03 Å². The van der Waals surface area contributed by atoms with Crippen molar-refractivity contribution >= 4 is 17.6 Å². The number of para-hydroxylation sites is 1. The average Bonchev–Trinajstić information content (AvgIpc) is 3.08. The van der Waals surface area contributed by atoms with Crippen molar-refractivity contribution in [1.29, 1.82) is 0 Å². The summed E-state index contributed by atoms with van der Waals surface area (Å²) < 4.78 is 5.13. The van der Waals surface area contributed by atoms with Gasteiger partial charge in [0.05, 0.1) is 0 Å². The minimum Gasteiger partial charge on any atom is -0.337 e. The van der Waals surface area contributed by atoms with Gasteiger partial charge in [0.1, 0.15) is 12.6 Å². The highest BCUT2D eigenvalue weighted by atomic mass is 16.5. The van der Waals surface area contributed by atoms with Crippen LogP contribution in [0, 0.1) is 0 Å². The van der Waals surface area contributed by atoms with Crippen molar-refractivity contribution in [2.24, 2.45) is 0 Å².